The number of nitriles is 1. The van der Waals surface area contributed by atoms with Gasteiger partial charge in [-0.25, -0.2) is 4.98 Å². The summed E-state index contributed by atoms with van der Waals surface area (Å²) >= 11 is 3.00. The van der Waals surface area contributed by atoms with E-state index in [0.717, 1.165) is 21.3 Å². The number of hydrogen-bond acceptors (Lipinski definition) is 5. The molecule has 0 N–H and O–H groups in total. The lowest BCUT2D eigenvalue weighted by atomic mass is 10.2. The molecule has 1 heterocycles. The lowest BCUT2D eigenvalue weighted by Crippen LogP contribution is -2.37. The van der Waals surface area contributed by atoms with E-state index >= 15 is 0 Å². The minimum atomic E-state index is -0.293. The summed E-state index contributed by atoms with van der Waals surface area (Å²) in [4.78, 5) is 19.3. The number of thioether (sulfide) groups is 1. The average Bonchev–Trinajstić information content (AvgIpc) is 3.18. The van der Waals surface area contributed by atoms with Crippen molar-refractivity contribution in [2.75, 3.05) is 11.4 Å². The standard InChI is InChI=1S/C21H19N3OS2/c1-16(20(25)24(14-8-13-22)18-11-6-3-7-12-18)27-21-23-19(15-26-21)17-9-4-2-5-10-17/h2-7,9-12,15-16H,8,14H2,1H3/t16-/m0/s1. The van der Waals surface area contributed by atoms with Gasteiger partial charge in [0.1, 0.15) is 0 Å². The maximum Gasteiger partial charge on any atom is 0.240 e. The van der Waals surface area contributed by atoms with Crippen LogP contribution in [0.2, 0.25) is 0 Å². The molecule has 2 aromatic carbocycles. The first-order valence-electron chi connectivity index (χ1n) is 8.60. The second-order valence-corrected chi connectivity index (χ2v) is 8.30. The van der Waals surface area contributed by atoms with E-state index in [1.807, 2.05) is 73.0 Å². The number of carbonyl (C=O) groups is 1. The van der Waals surface area contributed by atoms with Crippen molar-refractivity contribution >= 4 is 34.7 Å². The number of benzene rings is 2. The van der Waals surface area contributed by atoms with Crippen molar-refractivity contribution in [3.63, 3.8) is 0 Å². The fraction of sp³-hybridized carbons (Fsp3) is 0.190. The molecule has 3 aromatic rings. The molecule has 3 rings (SSSR count). The molecule has 27 heavy (non-hydrogen) atoms. The summed E-state index contributed by atoms with van der Waals surface area (Å²) in [5, 5.41) is 10.6. The summed E-state index contributed by atoms with van der Waals surface area (Å²) in [7, 11) is 0. The molecule has 0 saturated heterocycles. The van der Waals surface area contributed by atoms with Crippen molar-refractivity contribution in [3.05, 3.63) is 66.0 Å². The third-order valence-electron chi connectivity index (χ3n) is 3.96. The van der Waals surface area contributed by atoms with Crippen LogP contribution in [0.15, 0.2) is 70.4 Å². The van der Waals surface area contributed by atoms with Gasteiger partial charge in [-0.1, -0.05) is 60.3 Å². The Morgan fingerprint density at radius 1 is 1.19 bits per heavy atom. The number of para-hydroxylation sites is 1. The lowest BCUT2D eigenvalue weighted by Gasteiger charge is -2.24. The van der Waals surface area contributed by atoms with Crippen LogP contribution in [0, 0.1) is 11.3 Å². The van der Waals surface area contributed by atoms with E-state index in [9.17, 15) is 4.79 Å². The third-order valence-corrected chi connectivity index (χ3v) is 6.02. The number of anilines is 1. The van der Waals surface area contributed by atoms with Gasteiger partial charge in [0, 0.05) is 23.2 Å². The zero-order valence-electron chi connectivity index (χ0n) is 14.9. The van der Waals surface area contributed by atoms with Crippen LogP contribution in [-0.4, -0.2) is 22.7 Å². The van der Waals surface area contributed by atoms with Gasteiger partial charge in [0.05, 0.1) is 23.4 Å². The van der Waals surface area contributed by atoms with Crippen molar-refractivity contribution in [3.8, 4) is 17.3 Å². The molecule has 0 aliphatic heterocycles. The van der Waals surface area contributed by atoms with E-state index in [-0.39, 0.29) is 11.2 Å². The molecule has 0 aliphatic carbocycles. The van der Waals surface area contributed by atoms with Gasteiger partial charge in [-0.2, -0.15) is 5.26 Å². The minimum absolute atomic E-state index is 0.0158. The number of rotatable bonds is 7. The van der Waals surface area contributed by atoms with Crippen LogP contribution in [0.3, 0.4) is 0 Å². The SMILES string of the molecule is C[C@H](Sc1nc(-c2ccccc2)cs1)C(=O)N(CCC#N)c1ccccc1. The monoisotopic (exact) mass is 393 g/mol. The number of thiazole rings is 1. The lowest BCUT2D eigenvalue weighted by molar-refractivity contribution is -0.117. The maximum atomic E-state index is 13.0. The Kier molecular flexibility index (Phi) is 6.64. The topological polar surface area (TPSA) is 57.0 Å². The second kappa shape index (κ2) is 9.36. The van der Waals surface area contributed by atoms with Crippen molar-refractivity contribution in [2.24, 2.45) is 0 Å². The van der Waals surface area contributed by atoms with Gasteiger partial charge in [0.25, 0.3) is 0 Å². The molecular formula is C21H19N3OS2. The fourth-order valence-electron chi connectivity index (χ4n) is 2.61. The largest absolute Gasteiger partial charge is 0.310 e. The predicted octanol–water partition coefficient (Wildman–Crippen LogP) is 5.24. The zero-order valence-corrected chi connectivity index (χ0v) is 16.5. The summed E-state index contributed by atoms with van der Waals surface area (Å²) in [6.07, 6.45) is 0.299. The summed E-state index contributed by atoms with van der Waals surface area (Å²) < 4.78 is 0.864. The molecule has 0 bridgehead atoms. The predicted molar refractivity (Wildman–Crippen MR) is 112 cm³/mol. The van der Waals surface area contributed by atoms with Gasteiger partial charge in [0.15, 0.2) is 4.34 Å². The van der Waals surface area contributed by atoms with Gasteiger partial charge in [0.2, 0.25) is 5.91 Å². The van der Waals surface area contributed by atoms with E-state index in [2.05, 4.69) is 11.1 Å². The highest BCUT2D eigenvalue weighted by Gasteiger charge is 2.23. The number of carbonyl (C=O) groups excluding carboxylic acids is 1. The number of amides is 1. The van der Waals surface area contributed by atoms with Crippen LogP contribution in [-0.2, 0) is 4.79 Å². The Morgan fingerprint density at radius 3 is 2.52 bits per heavy atom. The summed E-state index contributed by atoms with van der Waals surface area (Å²) in [5.74, 6) is -0.0158. The quantitative estimate of drug-likeness (QED) is 0.515. The van der Waals surface area contributed by atoms with E-state index in [0.29, 0.717) is 13.0 Å². The normalized spacial score (nSPS) is 11.6. The second-order valence-electron chi connectivity index (χ2n) is 5.86. The Hall–Kier alpha value is -2.62. The molecule has 1 amide bonds. The average molecular weight is 394 g/mol. The van der Waals surface area contributed by atoms with E-state index in [1.165, 1.54) is 11.8 Å². The number of aromatic nitrogens is 1. The van der Waals surface area contributed by atoms with Gasteiger partial charge in [-0.05, 0) is 19.1 Å². The van der Waals surface area contributed by atoms with Gasteiger partial charge >= 0.3 is 0 Å². The van der Waals surface area contributed by atoms with Gasteiger partial charge in [-0.15, -0.1) is 11.3 Å². The third kappa shape index (κ3) is 4.97. The number of hydrogen-bond donors (Lipinski definition) is 0. The first-order chi connectivity index (χ1) is 13.2. The summed E-state index contributed by atoms with van der Waals surface area (Å²) in [6, 6.07) is 21.6. The molecule has 1 atom stereocenters. The zero-order chi connectivity index (χ0) is 19.1. The molecule has 136 valence electrons. The van der Waals surface area contributed by atoms with Crippen LogP contribution >= 0.6 is 23.1 Å². The highest BCUT2D eigenvalue weighted by atomic mass is 32.2. The summed E-state index contributed by atoms with van der Waals surface area (Å²) in [5.41, 5.74) is 2.81. The van der Waals surface area contributed by atoms with E-state index in [1.54, 1.807) is 16.2 Å². The highest BCUT2D eigenvalue weighted by Crippen LogP contribution is 2.32. The van der Waals surface area contributed by atoms with Gasteiger partial charge < -0.3 is 4.90 Å². The highest BCUT2D eigenvalue weighted by molar-refractivity contribution is 8.02. The Morgan fingerprint density at radius 2 is 1.85 bits per heavy atom. The van der Waals surface area contributed by atoms with Crippen LogP contribution in [0.4, 0.5) is 5.69 Å². The Balaban J connectivity index is 1.72. The van der Waals surface area contributed by atoms with Crippen molar-refractivity contribution in [2.45, 2.75) is 22.9 Å². The smallest absolute Gasteiger partial charge is 0.240 e. The molecule has 0 spiro atoms. The number of nitrogens with zero attached hydrogens (tertiary/aromatic N) is 3. The molecule has 6 heteroatoms. The van der Waals surface area contributed by atoms with Crippen molar-refractivity contribution in [1.29, 1.82) is 5.26 Å². The van der Waals surface area contributed by atoms with Crippen LogP contribution in [0.25, 0.3) is 11.3 Å². The minimum Gasteiger partial charge on any atom is -0.310 e. The molecule has 1 aromatic heterocycles. The molecular weight excluding hydrogens is 374 g/mol. The molecule has 4 nitrogen and oxygen atoms in total. The first kappa shape index (κ1) is 19.2. The maximum absolute atomic E-state index is 13.0. The Bertz CT molecular complexity index is 919. The molecule has 0 unspecified atom stereocenters. The van der Waals surface area contributed by atoms with E-state index in [4.69, 9.17) is 5.26 Å². The van der Waals surface area contributed by atoms with Crippen LogP contribution in [0.5, 0.6) is 0 Å². The molecule has 0 radical (unpaired) electrons. The molecule has 0 saturated carbocycles. The molecule has 0 fully saturated rings. The van der Waals surface area contributed by atoms with Crippen LogP contribution in [0.1, 0.15) is 13.3 Å². The molecule has 0 aliphatic rings. The Labute approximate surface area is 167 Å². The first-order valence-corrected chi connectivity index (χ1v) is 10.4. The van der Waals surface area contributed by atoms with Gasteiger partial charge in [-0.3, -0.25) is 4.79 Å². The van der Waals surface area contributed by atoms with Crippen LogP contribution < -0.4 is 4.90 Å². The van der Waals surface area contributed by atoms with E-state index < -0.39 is 0 Å². The van der Waals surface area contributed by atoms with Crippen molar-refractivity contribution in [1.82, 2.24) is 4.98 Å². The van der Waals surface area contributed by atoms with Crippen molar-refractivity contribution < 1.29 is 4.79 Å². The summed E-state index contributed by atoms with van der Waals surface area (Å²) in [6.45, 7) is 2.27. The fourth-order valence-corrected chi connectivity index (χ4v) is 4.64.